The van der Waals surface area contributed by atoms with Crippen LogP contribution < -0.4 is 0 Å². The van der Waals surface area contributed by atoms with Crippen LogP contribution in [0.3, 0.4) is 0 Å². The van der Waals surface area contributed by atoms with Crippen LogP contribution in [0.1, 0.15) is 27.8 Å². The predicted octanol–water partition coefficient (Wildman–Crippen LogP) is 3.11. The summed E-state index contributed by atoms with van der Waals surface area (Å²) in [5, 5.41) is 8.41. The molecule has 106 valence electrons. The summed E-state index contributed by atoms with van der Waals surface area (Å²) in [5.41, 5.74) is 2.56. The molecule has 0 atom stereocenters. The van der Waals surface area contributed by atoms with Gasteiger partial charge in [0, 0.05) is 5.56 Å². The van der Waals surface area contributed by atoms with Crippen molar-refractivity contribution in [3.05, 3.63) is 33.9 Å². The van der Waals surface area contributed by atoms with Crippen molar-refractivity contribution in [2.75, 3.05) is 13.2 Å². The molecule has 0 aliphatic carbocycles. The number of carboxylic acids is 1. The van der Waals surface area contributed by atoms with Crippen LogP contribution in [0.2, 0.25) is 0 Å². The summed E-state index contributed by atoms with van der Waals surface area (Å²) in [6.45, 7) is 5.19. The molecule has 0 radical (unpaired) electrons. The maximum absolute atomic E-state index is 14.2. The molecule has 0 aliphatic heterocycles. The van der Waals surface area contributed by atoms with Crippen molar-refractivity contribution in [3.63, 3.8) is 0 Å². The molecule has 0 bridgehead atoms. The third kappa shape index (κ3) is 3.50. The first-order chi connectivity index (χ1) is 8.66. The molecule has 0 saturated heterocycles. The molecule has 0 heterocycles. The van der Waals surface area contributed by atoms with Crippen molar-refractivity contribution in [1.82, 2.24) is 0 Å². The number of ether oxygens (including phenoxy) is 1. The Kier molecular flexibility index (Phi) is 4.63. The van der Waals surface area contributed by atoms with E-state index in [0.717, 1.165) is 11.1 Å². The van der Waals surface area contributed by atoms with Gasteiger partial charge >= 0.3 is 5.97 Å². The molecule has 3 nitrogen and oxygen atoms in total. The van der Waals surface area contributed by atoms with E-state index in [2.05, 4.69) is 4.74 Å². The standard InChI is InChI=1S/C14H18F2O3/c1-8-5-9(2)11(4)13(10(8)3)14(15,16)7-19-6-12(17)18/h5H,6-7H2,1-4H3,(H,17,18). The van der Waals surface area contributed by atoms with Gasteiger partial charge in [0.25, 0.3) is 5.92 Å². The van der Waals surface area contributed by atoms with Gasteiger partial charge in [-0.2, -0.15) is 8.78 Å². The minimum atomic E-state index is -3.19. The highest BCUT2D eigenvalue weighted by Crippen LogP contribution is 2.36. The zero-order chi connectivity index (χ0) is 14.8. The van der Waals surface area contributed by atoms with Gasteiger partial charge in [-0.25, -0.2) is 4.79 Å². The smallest absolute Gasteiger partial charge is 0.329 e. The van der Waals surface area contributed by atoms with Crippen LogP contribution in [0.15, 0.2) is 6.07 Å². The average molecular weight is 272 g/mol. The molecule has 19 heavy (non-hydrogen) atoms. The summed E-state index contributed by atoms with van der Waals surface area (Å²) < 4.78 is 32.9. The largest absolute Gasteiger partial charge is 0.480 e. The van der Waals surface area contributed by atoms with Gasteiger partial charge in [-0.3, -0.25) is 0 Å². The van der Waals surface area contributed by atoms with Crippen molar-refractivity contribution >= 4 is 5.97 Å². The van der Waals surface area contributed by atoms with Gasteiger partial charge in [-0.05, 0) is 49.9 Å². The SMILES string of the molecule is Cc1cc(C)c(C)c(C(F)(F)COCC(=O)O)c1C. The lowest BCUT2D eigenvalue weighted by atomic mass is 9.90. The highest BCUT2D eigenvalue weighted by Gasteiger charge is 2.36. The van der Waals surface area contributed by atoms with Crippen LogP contribution in [0.25, 0.3) is 0 Å². The number of alkyl halides is 2. The molecule has 0 aromatic heterocycles. The number of benzene rings is 1. The Balaban J connectivity index is 3.10. The molecule has 1 N–H and O–H groups in total. The number of halogens is 2. The van der Waals surface area contributed by atoms with Gasteiger partial charge in [-0.1, -0.05) is 6.07 Å². The lowest BCUT2D eigenvalue weighted by Gasteiger charge is -2.23. The van der Waals surface area contributed by atoms with E-state index in [1.54, 1.807) is 27.7 Å². The molecule has 5 heteroatoms. The molecular formula is C14H18F2O3. The van der Waals surface area contributed by atoms with E-state index in [1.807, 2.05) is 6.07 Å². The van der Waals surface area contributed by atoms with E-state index in [0.29, 0.717) is 11.1 Å². The maximum Gasteiger partial charge on any atom is 0.329 e. The van der Waals surface area contributed by atoms with Crippen molar-refractivity contribution in [2.45, 2.75) is 33.6 Å². The Morgan fingerprint density at radius 1 is 1.21 bits per heavy atom. The molecule has 0 fully saturated rings. The first-order valence-electron chi connectivity index (χ1n) is 5.92. The zero-order valence-electron chi connectivity index (χ0n) is 11.5. The second kappa shape index (κ2) is 5.65. The van der Waals surface area contributed by atoms with Crippen LogP contribution >= 0.6 is 0 Å². The average Bonchev–Trinajstić information content (AvgIpc) is 2.25. The number of aliphatic carboxylic acids is 1. The van der Waals surface area contributed by atoms with Crippen LogP contribution in [0.5, 0.6) is 0 Å². The van der Waals surface area contributed by atoms with Gasteiger partial charge in [0.15, 0.2) is 0 Å². The fourth-order valence-corrected chi connectivity index (χ4v) is 2.10. The molecule has 0 spiro atoms. The molecular weight excluding hydrogens is 254 g/mol. The van der Waals surface area contributed by atoms with Crippen LogP contribution in [0, 0.1) is 27.7 Å². The third-order valence-electron chi connectivity index (χ3n) is 3.24. The van der Waals surface area contributed by atoms with E-state index in [9.17, 15) is 13.6 Å². The van der Waals surface area contributed by atoms with E-state index < -0.39 is 25.1 Å². The number of carboxylic acid groups (broad SMARTS) is 1. The van der Waals surface area contributed by atoms with Crippen LogP contribution in [-0.2, 0) is 15.5 Å². The van der Waals surface area contributed by atoms with Crippen molar-refractivity contribution in [3.8, 4) is 0 Å². The highest BCUT2D eigenvalue weighted by atomic mass is 19.3. The van der Waals surface area contributed by atoms with Crippen molar-refractivity contribution in [2.24, 2.45) is 0 Å². The normalized spacial score (nSPS) is 11.7. The molecule has 1 aromatic rings. The summed E-state index contributed by atoms with van der Waals surface area (Å²) >= 11 is 0. The number of carbonyl (C=O) groups is 1. The summed E-state index contributed by atoms with van der Waals surface area (Å²) in [7, 11) is 0. The van der Waals surface area contributed by atoms with Crippen LogP contribution in [0.4, 0.5) is 8.78 Å². The highest BCUT2D eigenvalue weighted by molar-refractivity contribution is 5.68. The Morgan fingerprint density at radius 2 is 1.68 bits per heavy atom. The van der Waals surface area contributed by atoms with E-state index in [-0.39, 0.29) is 5.56 Å². The fraction of sp³-hybridized carbons (Fsp3) is 0.500. The monoisotopic (exact) mass is 272 g/mol. The first kappa shape index (κ1) is 15.6. The molecule has 0 unspecified atom stereocenters. The van der Waals surface area contributed by atoms with Gasteiger partial charge in [0.2, 0.25) is 0 Å². The van der Waals surface area contributed by atoms with E-state index >= 15 is 0 Å². The molecule has 0 saturated carbocycles. The van der Waals surface area contributed by atoms with Crippen molar-refractivity contribution in [1.29, 1.82) is 0 Å². The Morgan fingerprint density at radius 3 is 2.11 bits per heavy atom. The van der Waals surface area contributed by atoms with E-state index in [1.165, 1.54) is 0 Å². The number of hydrogen-bond donors (Lipinski definition) is 1. The Hall–Kier alpha value is -1.49. The number of hydrogen-bond acceptors (Lipinski definition) is 2. The minimum Gasteiger partial charge on any atom is -0.480 e. The molecule has 0 aliphatic rings. The quantitative estimate of drug-likeness (QED) is 0.895. The third-order valence-corrected chi connectivity index (χ3v) is 3.24. The lowest BCUT2D eigenvalue weighted by Crippen LogP contribution is -2.26. The van der Waals surface area contributed by atoms with Gasteiger partial charge in [0.05, 0.1) is 0 Å². The minimum absolute atomic E-state index is 0.0598. The lowest BCUT2D eigenvalue weighted by molar-refractivity contribution is -0.147. The second-order valence-electron chi connectivity index (χ2n) is 4.73. The number of aryl methyl sites for hydroxylation is 2. The van der Waals surface area contributed by atoms with Gasteiger partial charge in [0.1, 0.15) is 13.2 Å². The Bertz CT molecular complexity index is 470. The molecule has 0 amide bonds. The summed E-state index contributed by atoms with van der Waals surface area (Å²) in [6, 6.07) is 1.86. The summed E-state index contributed by atoms with van der Waals surface area (Å²) in [5.74, 6) is -4.45. The number of rotatable bonds is 5. The summed E-state index contributed by atoms with van der Waals surface area (Å²) in [6.07, 6.45) is 0. The molecule has 1 aromatic carbocycles. The van der Waals surface area contributed by atoms with E-state index in [4.69, 9.17) is 5.11 Å². The van der Waals surface area contributed by atoms with Crippen LogP contribution in [-0.4, -0.2) is 24.3 Å². The summed E-state index contributed by atoms with van der Waals surface area (Å²) in [4.78, 5) is 10.3. The predicted molar refractivity (Wildman–Crippen MR) is 67.7 cm³/mol. The van der Waals surface area contributed by atoms with Crippen molar-refractivity contribution < 1.29 is 23.4 Å². The van der Waals surface area contributed by atoms with Gasteiger partial charge < -0.3 is 9.84 Å². The fourth-order valence-electron chi connectivity index (χ4n) is 2.10. The maximum atomic E-state index is 14.2. The first-order valence-corrected chi connectivity index (χ1v) is 5.92. The topological polar surface area (TPSA) is 46.5 Å². The molecule has 1 rings (SSSR count). The zero-order valence-corrected chi connectivity index (χ0v) is 11.5. The van der Waals surface area contributed by atoms with Gasteiger partial charge in [-0.15, -0.1) is 0 Å². The second-order valence-corrected chi connectivity index (χ2v) is 4.73. The Labute approximate surface area is 111 Å².